The van der Waals surface area contributed by atoms with Crippen LogP contribution in [0.15, 0.2) is 6.07 Å². The Hall–Kier alpha value is -1.21. The first kappa shape index (κ1) is 14.7. The van der Waals surface area contributed by atoms with Gasteiger partial charge in [0.05, 0.1) is 5.25 Å². The third kappa shape index (κ3) is 3.52. The van der Waals surface area contributed by atoms with Crippen molar-refractivity contribution in [3.63, 3.8) is 0 Å². The molecule has 0 bridgehead atoms. The number of piperidine rings is 1. The zero-order valence-corrected chi connectivity index (χ0v) is 13.4. The van der Waals surface area contributed by atoms with Crippen molar-refractivity contribution in [3.05, 3.63) is 17.6 Å². The van der Waals surface area contributed by atoms with Gasteiger partial charge in [0.2, 0.25) is 10.0 Å². The number of nitrogens with one attached hydrogen (secondary N) is 1. The molecule has 1 saturated heterocycles. The van der Waals surface area contributed by atoms with Gasteiger partial charge in [-0.1, -0.05) is 0 Å². The van der Waals surface area contributed by atoms with Gasteiger partial charge in [0.15, 0.2) is 0 Å². The molecule has 0 spiro atoms. The molecule has 1 aromatic heterocycles. The van der Waals surface area contributed by atoms with Gasteiger partial charge in [-0.25, -0.2) is 23.1 Å². The molecule has 2 heterocycles. The van der Waals surface area contributed by atoms with E-state index in [1.165, 1.54) is 0 Å². The van der Waals surface area contributed by atoms with Gasteiger partial charge in [0.1, 0.15) is 11.6 Å². The van der Waals surface area contributed by atoms with Crippen molar-refractivity contribution in [2.75, 3.05) is 18.0 Å². The summed E-state index contributed by atoms with van der Waals surface area (Å²) >= 11 is 0. The Kier molecular flexibility index (Phi) is 3.88. The van der Waals surface area contributed by atoms with E-state index in [1.807, 2.05) is 19.9 Å². The van der Waals surface area contributed by atoms with Crippen molar-refractivity contribution in [2.45, 2.75) is 50.8 Å². The number of hydrogen-bond acceptors (Lipinski definition) is 5. The molecule has 2 fully saturated rings. The molecule has 116 valence electrons. The van der Waals surface area contributed by atoms with E-state index in [4.69, 9.17) is 0 Å². The lowest BCUT2D eigenvalue weighted by molar-refractivity contribution is 0.463. The fourth-order valence-corrected chi connectivity index (χ4v) is 4.45. The molecule has 1 aliphatic heterocycles. The Morgan fingerprint density at radius 3 is 2.67 bits per heavy atom. The number of hydrogen-bond donors (Lipinski definition) is 1. The van der Waals surface area contributed by atoms with Gasteiger partial charge in [0.25, 0.3) is 0 Å². The highest BCUT2D eigenvalue weighted by atomic mass is 32.2. The van der Waals surface area contributed by atoms with Crippen LogP contribution in [-0.2, 0) is 10.0 Å². The third-order valence-electron chi connectivity index (χ3n) is 3.99. The second-order valence-electron chi connectivity index (χ2n) is 6.06. The predicted molar refractivity (Wildman–Crippen MR) is 81.8 cm³/mol. The van der Waals surface area contributed by atoms with Crippen LogP contribution in [-0.4, -0.2) is 42.8 Å². The van der Waals surface area contributed by atoms with E-state index in [1.54, 1.807) is 0 Å². The maximum Gasteiger partial charge on any atom is 0.214 e. The van der Waals surface area contributed by atoms with Crippen LogP contribution in [0, 0.1) is 13.8 Å². The van der Waals surface area contributed by atoms with Crippen LogP contribution in [0.5, 0.6) is 0 Å². The molecule has 1 unspecified atom stereocenters. The highest BCUT2D eigenvalue weighted by molar-refractivity contribution is 7.90. The lowest BCUT2D eigenvalue weighted by Gasteiger charge is -2.34. The van der Waals surface area contributed by atoms with Gasteiger partial charge in [-0.15, -0.1) is 0 Å². The Morgan fingerprint density at radius 1 is 1.24 bits per heavy atom. The zero-order valence-electron chi connectivity index (χ0n) is 12.5. The molecular weight excluding hydrogens is 288 g/mol. The number of sulfonamides is 1. The maximum absolute atomic E-state index is 12.1. The van der Waals surface area contributed by atoms with Gasteiger partial charge in [-0.05, 0) is 39.5 Å². The summed E-state index contributed by atoms with van der Waals surface area (Å²) in [6.07, 6.45) is 3.47. The monoisotopic (exact) mass is 310 g/mol. The Bertz CT molecular complexity index is 608. The van der Waals surface area contributed by atoms with Crippen LogP contribution in [0.4, 0.5) is 5.82 Å². The number of anilines is 1. The van der Waals surface area contributed by atoms with Crippen LogP contribution in [0.3, 0.4) is 0 Å². The van der Waals surface area contributed by atoms with E-state index in [9.17, 15) is 8.42 Å². The average Bonchev–Trinajstić information content (AvgIpc) is 3.22. The van der Waals surface area contributed by atoms with Crippen LogP contribution in [0.25, 0.3) is 0 Å². The summed E-state index contributed by atoms with van der Waals surface area (Å²) in [6.45, 7) is 5.43. The van der Waals surface area contributed by atoms with E-state index in [0.29, 0.717) is 6.54 Å². The second kappa shape index (κ2) is 5.53. The number of rotatable bonds is 4. The fraction of sp³-hybridized carbons (Fsp3) is 0.714. The Balaban J connectivity index is 1.70. The quantitative estimate of drug-likeness (QED) is 0.903. The molecule has 0 amide bonds. The van der Waals surface area contributed by atoms with Crippen molar-refractivity contribution in [2.24, 2.45) is 0 Å². The predicted octanol–water partition coefficient (Wildman–Crippen LogP) is 1.14. The summed E-state index contributed by atoms with van der Waals surface area (Å²) in [4.78, 5) is 10.9. The SMILES string of the molecule is Cc1cc(N2CCCC(NS(=O)(=O)C3CC3)C2)nc(C)n1. The summed E-state index contributed by atoms with van der Waals surface area (Å²) in [5.41, 5.74) is 0.943. The molecule has 1 aliphatic carbocycles. The average molecular weight is 310 g/mol. The Morgan fingerprint density at radius 2 is 2.00 bits per heavy atom. The van der Waals surface area contributed by atoms with Gasteiger partial charge < -0.3 is 4.90 Å². The van der Waals surface area contributed by atoms with Gasteiger partial charge in [-0.2, -0.15) is 0 Å². The fourth-order valence-electron chi connectivity index (χ4n) is 2.85. The number of nitrogens with zero attached hydrogens (tertiary/aromatic N) is 3. The Labute approximate surface area is 126 Å². The number of aromatic nitrogens is 2. The lowest BCUT2D eigenvalue weighted by Crippen LogP contribution is -2.48. The van der Waals surface area contributed by atoms with Crippen LogP contribution in [0.2, 0.25) is 0 Å². The van der Waals surface area contributed by atoms with Gasteiger partial charge >= 0.3 is 0 Å². The summed E-state index contributed by atoms with van der Waals surface area (Å²) < 4.78 is 27.0. The van der Waals surface area contributed by atoms with E-state index in [2.05, 4.69) is 19.6 Å². The molecule has 3 rings (SSSR count). The van der Waals surface area contributed by atoms with Crippen molar-refractivity contribution in [1.29, 1.82) is 0 Å². The van der Waals surface area contributed by atoms with Crippen LogP contribution < -0.4 is 9.62 Å². The minimum atomic E-state index is -3.12. The highest BCUT2D eigenvalue weighted by Gasteiger charge is 2.37. The normalized spacial score (nSPS) is 23.3. The van der Waals surface area contributed by atoms with E-state index >= 15 is 0 Å². The van der Waals surface area contributed by atoms with Crippen LogP contribution >= 0.6 is 0 Å². The van der Waals surface area contributed by atoms with Crippen molar-refractivity contribution in [3.8, 4) is 0 Å². The molecule has 1 atom stereocenters. The van der Waals surface area contributed by atoms with Crippen molar-refractivity contribution < 1.29 is 8.42 Å². The molecule has 1 aromatic rings. The molecule has 1 saturated carbocycles. The lowest BCUT2D eigenvalue weighted by atomic mass is 10.1. The first-order chi connectivity index (χ1) is 9.94. The molecule has 0 aromatic carbocycles. The van der Waals surface area contributed by atoms with E-state index < -0.39 is 10.0 Å². The highest BCUT2D eigenvalue weighted by Crippen LogP contribution is 2.28. The molecule has 2 aliphatic rings. The van der Waals surface area contributed by atoms with E-state index in [0.717, 1.165) is 49.6 Å². The summed E-state index contributed by atoms with van der Waals surface area (Å²) in [6, 6.07) is 1.95. The largest absolute Gasteiger partial charge is 0.355 e. The van der Waals surface area contributed by atoms with Gasteiger partial charge in [0, 0.05) is 30.9 Å². The molecule has 0 radical (unpaired) electrons. The minimum absolute atomic E-state index is 0.0140. The first-order valence-electron chi connectivity index (χ1n) is 7.52. The summed E-state index contributed by atoms with van der Waals surface area (Å²) in [5.74, 6) is 1.65. The smallest absolute Gasteiger partial charge is 0.214 e. The van der Waals surface area contributed by atoms with Crippen molar-refractivity contribution >= 4 is 15.8 Å². The summed E-state index contributed by atoms with van der Waals surface area (Å²) in [5, 5.41) is -0.156. The van der Waals surface area contributed by atoms with Gasteiger partial charge in [-0.3, -0.25) is 0 Å². The minimum Gasteiger partial charge on any atom is -0.355 e. The molecule has 1 N–H and O–H groups in total. The molecule has 7 heteroatoms. The maximum atomic E-state index is 12.1. The topological polar surface area (TPSA) is 75.2 Å². The van der Waals surface area contributed by atoms with E-state index in [-0.39, 0.29) is 11.3 Å². The molecule has 21 heavy (non-hydrogen) atoms. The molecule has 6 nitrogen and oxygen atoms in total. The second-order valence-corrected chi connectivity index (χ2v) is 8.05. The zero-order chi connectivity index (χ0) is 15.0. The first-order valence-corrected chi connectivity index (χ1v) is 9.07. The standard InChI is InChI=1S/C14H22N4O2S/c1-10-8-14(16-11(2)15-10)18-7-3-4-12(9-18)17-21(19,20)13-5-6-13/h8,12-13,17H,3-7,9H2,1-2H3. The third-order valence-corrected chi connectivity index (χ3v) is 6.00. The molecular formula is C14H22N4O2S. The summed E-state index contributed by atoms with van der Waals surface area (Å²) in [7, 11) is -3.12. The van der Waals surface area contributed by atoms with Crippen LogP contribution in [0.1, 0.15) is 37.2 Å². The number of aryl methyl sites for hydroxylation is 2. The van der Waals surface area contributed by atoms with Crippen molar-refractivity contribution in [1.82, 2.24) is 14.7 Å².